The van der Waals surface area contributed by atoms with Crippen molar-refractivity contribution in [1.82, 2.24) is 4.57 Å². The number of hydrogen-bond acceptors (Lipinski definition) is 4. The molecule has 1 heterocycles. The fourth-order valence-electron chi connectivity index (χ4n) is 2.05. The van der Waals surface area contributed by atoms with E-state index >= 15 is 0 Å². The molecule has 1 aromatic heterocycles. The largest absolute Gasteiger partial charge is 0.324 e. The molecule has 0 spiro atoms. The first-order valence-corrected chi connectivity index (χ1v) is 6.12. The van der Waals surface area contributed by atoms with E-state index in [2.05, 4.69) is 0 Å². The maximum atomic E-state index is 12.2. The van der Waals surface area contributed by atoms with Crippen LogP contribution in [0.2, 0.25) is 0 Å². The number of rotatable bonds is 3. The van der Waals surface area contributed by atoms with Gasteiger partial charge < -0.3 is 10.3 Å². The molecule has 6 nitrogen and oxygen atoms in total. The number of nitrogens with two attached hydrogens (primary N) is 1. The summed E-state index contributed by atoms with van der Waals surface area (Å²) in [5.74, 6) is 0. The van der Waals surface area contributed by atoms with Crippen LogP contribution in [0.3, 0.4) is 0 Å². The van der Waals surface area contributed by atoms with Crippen molar-refractivity contribution in [1.29, 1.82) is 0 Å². The van der Waals surface area contributed by atoms with Crippen LogP contribution in [0.1, 0.15) is 18.5 Å². The van der Waals surface area contributed by atoms with E-state index < -0.39 is 4.92 Å². The number of benzene rings is 1. The molecular weight excluding hydrogens is 258 g/mol. The van der Waals surface area contributed by atoms with Gasteiger partial charge in [-0.1, -0.05) is 0 Å². The van der Waals surface area contributed by atoms with Gasteiger partial charge in [0.25, 0.3) is 11.2 Å². The first-order valence-electron chi connectivity index (χ1n) is 6.12. The molecule has 0 saturated heterocycles. The first kappa shape index (κ1) is 14.0. The van der Waals surface area contributed by atoms with Gasteiger partial charge in [0.2, 0.25) is 0 Å². The number of hydrogen-bond donors (Lipinski definition) is 1. The van der Waals surface area contributed by atoms with E-state index in [1.807, 2.05) is 0 Å². The van der Waals surface area contributed by atoms with Crippen LogP contribution in [0.25, 0.3) is 11.3 Å². The Morgan fingerprint density at radius 1 is 1.20 bits per heavy atom. The molecule has 0 amide bonds. The lowest BCUT2D eigenvalue weighted by Crippen LogP contribution is -2.26. The normalized spacial score (nSPS) is 12.2. The lowest BCUT2D eigenvalue weighted by molar-refractivity contribution is -0.384. The average molecular weight is 273 g/mol. The van der Waals surface area contributed by atoms with Gasteiger partial charge in [-0.3, -0.25) is 14.9 Å². The highest BCUT2D eigenvalue weighted by atomic mass is 16.6. The molecule has 104 valence electrons. The number of nitro benzene ring substituents is 1. The lowest BCUT2D eigenvalue weighted by atomic mass is 10.1. The second kappa shape index (κ2) is 5.26. The molecule has 6 heteroatoms. The fraction of sp³-hybridized carbons (Fsp3) is 0.214. The van der Waals surface area contributed by atoms with Crippen LogP contribution in [-0.4, -0.2) is 9.49 Å². The number of nitro groups is 1. The maximum absolute atomic E-state index is 12.2. The Hall–Kier alpha value is -2.47. The third-order valence-corrected chi connectivity index (χ3v) is 3.20. The van der Waals surface area contributed by atoms with Crippen molar-refractivity contribution in [2.75, 3.05) is 0 Å². The molecular formula is C14H15N3O3. The molecule has 0 aliphatic rings. The van der Waals surface area contributed by atoms with E-state index in [1.165, 1.54) is 16.7 Å². The smallest absolute Gasteiger partial charge is 0.269 e. The van der Waals surface area contributed by atoms with Gasteiger partial charge in [-0.05, 0) is 36.8 Å². The molecule has 2 N–H and O–H groups in total. The number of non-ortho nitro benzene ring substituents is 1. The molecule has 0 fully saturated rings. The Bertz CT molecular complexity index is 703. The van der Waals surface area contributed by atoms with Gasteiger partial charge in [-0.25, -0.2) is 0 Å². The third kappa shape index (κ3) is 2.46. The summed E-state index contributed by atoms with van der Waals surface area (Å²) in [6.45, 7) is 1.75. The Morgan fingerprint density at radius 3 is 2.30 bits per heavy atom. The molecule has 1 atom stereocenters. The number of nitrogens with zero attached hydrogens (tertiary/aromatic N) is 2. The predicted molar refractivity (Wildman–Crippen MR) is 76.4 cm³/mol. The molecule has 0 aliphatic heterocycles. The van der Waals surface area contributed by atoms with Crippen molar-refractivity contribution in [3.8, 4) is 11.3 Å². The summed E-state index contributed by atoms with van der Waals surface area (Å²) in [7, 11) is 1.66. The highest BCUT2D eigenvalue weighted by Crippen LogP contribution is 2.21. The summed E-state index contributed by atoms with van der Waals surface area (Å²) in [4.78, 5) is 22.3. The van der Waals surface area contributed by atoms with Gasteiger partial charge in [0.1, 0.15) is 0 Å². The molecule has 0 aliphatic carbocycles. The summed E-state index contributed by atoms with van der Waals surface area (Å²) in [6.07, 6.45) is 0. The molecule has 20 heavy (non-hydrogen) atoms. The zero-order valence-corrected chi connectivity index (χ0v) is 11.2. The van der Waals surface area contributed by atoms with Crippen molar-refractivity contribution in [2.45, 2.75) is 13.0 Å². The van der Waals surface area contributed by atoms with Gasteiger partial charge in [0.15, 0.2) is 0 Å². The number of pyridine rings is 1. The monoisotopic (exact) mass is 273 g/mol. The quantitative estimate of drug-likeness (QED) is 0.683. The molecule has 0 saturated carbocycles. The topological polar surface area (TPSA) is 91.2 Å². The van der Waals surface area contributed by atoms with E-state index in [4.69, 9.17) is 5.73 Å². The van der Waals surface area contributed by atoms with Crippen LogP contribution < -0.4 is 11.3 Å². The zero-order chi connectivity index (χ0) is 14.9. The summed E-state index contributed by atoms with van der Waals surface area (Å²) in [6, 6.07) is 9.24. The average Bonchev–Trinajstić information content (AvgIpc) is 2.41. The highest BCUT2D eigenvalue weighted by molar-refractivity contribution is 5.61. The van der Waals surface area contributed by atoms with Gasteiger partial charge in [-0.15, -0.1) is 0 Å². The third-order valence-electron chi connectivity index (χ3n) is 3.20. The SMILES string of the molecule is CC(N)c1ccc(-c2ccc([N+](=O)[O-])cc2)n(C)c1=O. The second-order valence-corrected chi connectivity index (χ2v) is 4.63. The highest BCUT2D eigenvalue weighted by Gasteiger charge is 2.11. The van der Waals surface area contributed by atoms with Gasteiger partial charge in [-0.2, -0.15) is 0 Å². The van der Waals surface area contributed by atoms with Gasteiger partial charge >= 0.3 is 0 Å². The Balaban J connectivity index is 2.51. The number of aromatic nitrogens is 1. The van der Waals surface area contributed by atoms with Crippen LogP contribution >= 0.6 is 0 Å². The summed E-state index contributed by atoms with van der Waals surface area (Å²) < 4.78 is 1.50. The van der Waals surface area contributed by atoms with Crippen molar-refractivity contribution in [3.63, 3.8) is 0 Å². The Kier molecular flexibility index (Phi) is 3.67. The summed E-state index contributed by atoms with van der Waals surface area (Å²) in [5, 5.41) is 10.6. The lowest BCUT2D eigenvalue weighted by Gasteiger charge is -2.12. The fourth-order valence-corrected chi connectivity index (χ4v) is 2.05. The standard InChI is InChI=1S/C14H15N3O3/c1-9(15)12-7-8-13(16(2)14(12)18)10-3-5-11(6-4-10)17(19)20/h3-9H,15H2,1-2H3. The molecule has 0 bridgehead atoms. The van der Waals surface area contributed by atoms with Gasteiger partial charge in [0, 0.05) is 30.8 Å². The van der Waals surface area contributed by atoms with Crippen molar-refractivity contribution in [3.05, 3.63) is 62.4 Å². The molecule has 2 rings (SSSR count). The van der Waals surface area contributed by atoms with Crippen LogP contribution in [0, 0.1) is 10.1 Å². The molecule has 0 radical (unpaired) electrons. The van der Waals surface area contributed by atoms with E-state index in [-0.39, 0.29) is 17.3 Å². The van der Waals surface area contributed by atoms with E-state index in [0.717, 1.165) is 5.56 Å². The van der Waals surface area contributed by atoms with E-state index in [0.29, 0.717) is 11.3 Å². The van der Waals surface area contributed by atoms with Crippen LogP contribution in [-0.2, 0) is 7.05 Å². The molecule has 1 aromatic carbocycles. The van der Waals surface area contributed by atoms with Crippen molar-refractivity contribution >= 4 is 5.69 Å². The maximum Gasteiger partial charge on any atom is 0.269 e. The minimum absolute atomic E-state index is 0.0194. The summed E-state index contributed by atoms with van der Waals surface area (Å²) >= 11 is 0. The van der Waals surface area contributed by atoms with Crippen molar-refractivity contribution in [2.24, 2.45) is 12.8 Å². The van der Waals surface area contributed by atoms with Crippen LogP contribution in [0.4, 0.5) is 5.69 Å². The van der Waals surface area contributed by atoms with Crippen molar-refractivity contribution < 1.29 is 4.92 Å². The van der Waals surface area contributed by atoms with Gasteiger partial charge in [0.05, 0.1) is 10.6 Å². The minimum Gasteiger partial charge on any atom is -0.324 e. The first-order chi connectivity index (χ1) is 9.41. The Labute approximate surface area is 115 Å². The van der Waals surface area contributed by atoms with Crippen LogP contribution in [0.15, 0.2) is 41.2 Å². The second-order valence-electron chi connectivity index (χ2n) is 4.63. The van der Waals surface area contributed by atoms with E-state index in [9.17, 15) is 14.9 Å². The minimum atomic E-state index is -0.456. The van der Waals surface area contributed by atoms with Crippen LogP contribution in [0.5, 0.6) is 0 Å². The van der Waals surface area contributed by atoms with E-state index in [1.54, 1.807) is 38.2 Å². The zero-order valence-electron chi connectivity index (χ0n) is 11.2. The Morgan fingerprint density at radius 2 is 1.80 bits per heavy atom. The predicted octanol–water partition coefficient (Wildman–Crippen LogP) is 1.98. The molecule has 1 unspecified atom stereocenters. The molecule has 2 aromatic rings. The summed E-state index contributed by atoms with van der Waals surface area (Å²) in [5.41, 5.74) is 7.57.